The first kappa shape index (κ1) is 13.0. The monoisotopic (exact) mass is 231 g/mol. The average Bonchev–Trinajstić information content (AvgIpc) is 2.25. The van der Waals surface area contributed by atoms with Crippen LogP contribution in [0.3, 0.4) is 0 Å². The van der Waals surface area contributed by atoms with Crippen LogP contribution >= 0.6 is 0 Å². The topological polar surface area (TPSA) is 26.0 Å². The Morgan fingerprint density at radius 3 is 2.06 bits per heavy atom. The molecule has 1 aromatic rings. The summed E-state index contributed by atoms with van der Waals surface area (Å²) in [5, 5.41) is 0. The molecule has 0 heterocycles. The quantitative estimate of drug-likeness (QED) is 0.846. The molecule has 0 saturated heterocycles. The van der Waals surface area contributed by atoms with Gasteiger partial charge in [0.05, 0.1) is 0 Å². The lowest BCUT2D eigenvalue weighted by atomic mass is 10.0. The number of nitrogens with two attached hydrogens (primary N) is 1. The normalized spacial score (nSPS) is 13.8. The van der Waals surface area contributed by atoms with E-state index in [1.807, 2.05) is 31.2 Å². The number of hydrogen-bond acceptors (Lipinski definition) is 1. The van der Waals surface area contributed by atoms with Crippen molar-refractivity contribution in [1.82, 2.24) is 0 Å². The van der Waals surface area contributed by atoms with Gasteiger partial charge in [-0.1, -0.05) is 31.2 Å². The van der Waals surface area contributed by atoms with Gasteiger partial charge in [0.1, 0.15) is 6.04 Å². The van der Waals surface area contributed by atoms with Gasteiger partial charge >= 0.3 is 6.18 Å². The second kappa shape index (κ2) is 5.34. The SMILES string of the molecule is CCc1ccc(CC[C@H](N)C(F)(F)F)cc1. The van der Waals surface area contributed by atoms with Gasteiger partial charge in [-0.15, -0.1) is 0 Å². The van der Waals surface area contributed by atoms with Crippen molar-refractivity contribution >= 4 is 0 Å². The summed E-state index contributed by atoms with van der Waals surface area (Å²) in [4.78, 5) is 0. The summed E-state index contributed by atoms with van der Waals surface area (Å²) in [6.45, 7) is 2.04. The molecule has 0 saturated carbocycles. The van der Waals surface area contributed by atoms with Gasteiger partial charge in [-0.25, -0.2) is 0 Å². The third-order valence-corrected chi connectivity index (χ3v) is 2.60. The number of hydrogen-bond donors (Lipinski definition) is 1. The fraction of sp³-hybridized carbons (Fsp3) is 0.500. The van der Waals surface area contributed by atoms with E-state index in [4.69, 9.17) is 5.73 Å². The molecule has 0 aliphatic heterocycles. The van der Waals surface area contributed by atoms with Crippen LogP contribution in [0.4, 0.5) is 13.2 Å². The van der Waals surface area contributed by atoms with Crippen LogP contribution in [0.2, 0.25) is 0 Å². The van der Waals surface area contributed by atoms with E-state index in [9.17, 15) is 13.2 Å². The van der Waals surface area contributed by atoms with E-state index in [2.05, 4.69) is 0 Å². The molecular formula is C12H16F3N. The second-order valence-corrected chi connectivity index (χ2v) is 3.86. The molecule has 0 bridgehead atoms. The lowest BCUT2D eigenvalue weighted by Gasteiger charge is -2.15. The molecule has 0 radical (unpaired) electrons. The van der Waals surface area contributed by atoms with Crippen molar-refractivity contribution in [3.63, 3.8) is 0 Å². The van der Waals surface area contributed by atoms with E-state index in [1.54, 1.807) is 0 Å². The zero-order chi connectivity index (χ0) is 12.2. The predicted octanol–water partition coefficient (Wildman–Crippen LogP) is 3.07. The third kappa shape index (κ3) is 3.85. The van der Waals surface area contributed by atoms with Gasteiger partial charge in [-0.3, -0.25) is 0 Å². The van der Waals surface area contributed by atoms with Crippen molar-refractivity contribution in [2.24, 2.45) is 5.73 Å². The van der Waals surface area contributed by atoms with Gasteiger partial charge in [-0.05, 0) is 30.4 Å². The molecule has 0 unspecified atom stereocenters. The Hall–Kier alpha value is -1.03. The molecule has 0 aliphatic rings. The van der Waals surface area contributed by atoms with Crippen LogP contribution < -0.4 is 5.73 Å². The zero-order valence-electron chi connectivity index (χ0n) is 9.22. The van der Waals surface area contributed by atoms with E-state index in [0.717, 1.165) is 12.0 Å². The van der Waals surface area contributed by atoms with Gasteiger partial charge in [0.25, 0.3) is 0 Å². The molecule has 0 aromatic heterocycles. The molecule has 1 rings (SSSR count). The molecule has 16 heavy (non-hydrogen) atoms. The number of halogens is 3. The highest BCUT2D eigenvalue weighted by Crippen LogP contribution is 2.21. The highest BCUT2D eigenvalue weighted by molar-refractivity contribution is 5.22. The van der Waals surface area contributed by atoms with Crippen LogP contribution in [-0.2, 0) is 12.8 Å². The first-order valence-electron chi connectivity index (χ1n) is 5.33. The summed E-state index contributed by atoms with van der Waals surface area (Å²) < 4.78 is 36.4. The van der Waals surface area contributed by atoms with Crippen LogP contribution in [0.5, 0.6) is 0 Å². The molecule has 4 heteroatoms. The first-order chi connectivity index (χ1) is 7.43. The van der Waals surface area contributed by atoms with Gasteiger partial charge in [0, 0.05) is 0 Å². The van der Waals surface area contributed by atoms with Gasteiger partial charge < -0.3 is 5.73 Å². The summed E-state index contributed by atoms with van der Waals surface area (Å²) in [6.07, 6.45) is -3.05. The molecule has 0 amide bonds. The lowest BCUT2D eigenvalue weighted by molar-refractivity contribution is -0.148. The molecule has 2 N–H and O–H groups in total. The van der Waals surface area contributed by atoms with E-state index in [-0.39, 0.29) is 6.42 Å². The van der Waals surface area contributed by atoms with Crippen molar-refractivity contribution in [1.29, 1.82) is 0 Å². The molecule has 0 aliphatic carbocycles. The van der Waals surface area contributed by atoms with E-state index < -0.39 is 12.2 Å². The molecule has 0 fully saturated rings. The summed E-state index contributed by atoms with van der Waals surface area (Å²) >= 11 is 0. The van der Waals surface area contributed by atoms with Crippen molar-refractivity contribution in [2.45, 2.75) is 38.4 Å². The zero-order valence-corrected chi connectivity index (χ0v) is 9.22. The predicted molar refractivity (Wildman–Crippen MR) is 58.2 cm³/mol. The van der Waals surface area contributed by atoms with Crippen molar-refractivity contribution in [3.8, 4) is 0 Å². The summed E-state index contributed by atoms with van der Waals surface area (Å²) in [6, 6.07) is 5.88. The van der Waals surface area contributed by atoms with E-state index >= 15 is 0 Å². The van der Waals surface area contributed by atoms with Crippen LogP contribution in [-0.4, -0.2) is 12.2 Å². The Bertz CT molecular complexity index is 316. The Morgan fingerprint density at radius 2 is 1.62 bits per heavy atom. The largest absolute Gasteiger partial charge is 0.403 e. The summed E-state index contributed by atoms with van der Waals surface area (Å²) in [5.41, 5.74) is 7.11. The molecule has 1 aromatic carbocycles. The highest BCUT2D eigenvalue weighted by Gasteiger charge is 2.35. The fourth-order valence-electron chi connectivity index (χ4n) is 1.43. The summed E-state index contributed by atoms with van der Waals surface area (Å²) in [7, 11) is 0. The van der Waals surface area contributed by atoms with E-state index in [0.29, 0.717) is 6.42 Å². The van der Waals surface area contributed by atoms with Crippen molar-refractivity contribution in [2.75, 3.05) is 0 Å². The third-order valence-electron chi connectivity index (χ3n) is 2.60. The van der Waals surface area contributed by atoms with Crippen LogP contribution in [0.1, 0.15) is 24.5 Å². The number of rotatable bonds is 4. The Kier molecular flexibility index (Phi) is 4.35. The van der Waals surface area contributed by atoms with Crippen LogP contribution in [0, 0.1) is 0 Å². The molecule has 0 spiro atoms. The van der Waals surface area contributed by atoms with Crippen molar-refractivity contribution in [3.05, 3.63) is 35.4 Å². The molecule has 1 atom stereocenters. The first-order valence-corrected chi connectivity index (χ1v) is 5.33. The second-order valence-electron chi connectivity index (χ2n) is 3.86. The number of alkyl halides is 3. The van der Waals surface area contributed by atoms with Crippen LogP contribution in [0.25, 0.3) is 0 Å². The standard InChI is InChI=1S/C12H16F3N/c1-2-9-3-5-10(6-4-9)7-8-11(16)12(13,14)15/h3-6,11H,2,7-8,16H2,1H3/t11-/m0/s1. The van der Waals surface area contributed by atoms with Gasteiger partial charge in [0.15, 0.2) is 0 Å². The van der Waals surface area contributed by atoms with E-state index in [1.165, 1.54) is 5.56 Å². The highest BCUT2D eigenvalue weighted by atomic mass is 19.4. The van der Waals surface area contributed by atoms with Gasteiger partial charge in [0.2, 0.25) is 0 Å². The Morgan fingerprint density at radius 1 is 1.12 bits per heavy atom. The minimum atomic E-state index is -4.29. The minimum absolute atomic E-state index is 0.0605. The summed E-state index contributed by atoms with van der Waals surface area (Å²) in [5.74, 6) is 0. The maximum atomic E-state index is 12.1. The molecule has 1 nitrogen and oxygen atoms in total. The Balaban J connectivity index is 2.48. The minimum Gasteiger partial charge on any atom is -0.320 e. The number of benzene rings is 1. The molecule has 90 valence electrons. The van der Waals surface area contributed by atoms with Gasteiger partial charge in [-0.2, -0.15) is 13.2 Å². The Labute approximate surface area is 93.5 Å². The van der Waals surface area contributed by atoms with Crippen LogP contribution in [0.15, 0.2) is 24.3 Å². The maximum Gasteiger partial charge on any atom is 0.403 e. The lowest BCUT2D eigenvalue weighted by Crippen LogP contribution is -2.37. The maximum absolute atomic E-state index is 12.1. The fourth-order valence-corrected chi connectivity index (χ4v) is 1.43. The smallest absolute Gasteiger partial charge is 0.320 e. The molecular weight excluding hydrogens is 215 g/mol. The van der Waals surface area contributed by atoms with Crippen molar-refractivity contribution < 1.29 is 13.2 Å². The number of aryl methyl sites for hydroxylation is 2. The average molecular weight is 231 g/mol.